The molecule has 4 bridgehead atoms. The summed E-state index contributed by atoms with van der Waals surface area (Å²) in [6.45, 7) is 27.9. The summed E-state index contributed by atoms with van der Waals surface area (Å²) in [6.07, 6.45) is 4.66. The first-order chi connectivity index (χ1) is 45.5. The van der Waals surface area contributed by atoms with Crippen LogP contribution in [0, 0.1) is 28.1 Å². The van der Waals surface area contributed by atoms with Gasteiger partial charge >= 0.3 is 18.0 Å². The molecule has 1 aromatic carbocycles. The van der Waals surface area contributed by atoms with E-state index in [1.807, 2.05) is 39.0 Å². The topological polar surface area (TPSA) is 406 Å². The van der Waals surface area contributed by atoms with Crippen molar-refractivity contribution >= 4 is 143 Å². The minimum absolute atomic E-state index is 0. The van der Waals surface area contributed by atoms with Gasteiger partial charge in [-0.3, -0.25) is 47.3 Å². The van der Waals surface area contributed by atoms with E-state index >= 15 is 0 Å². The number of hydrogen-bond acceptors (Lipinski definition) is 23. The van der Waals surface area contributed by atoms with Crippen LogP contribution in [-0.2, 0) is 94.3 Å². The minimum atomic E-state index is -4.00. The number of nitrogens with one attached hydrogen (secondary N) is 7. The van der Waals surface area contributed by atoms with Crippen LogP contribution in [0.3, 0.4) is 0 Å². The number of nitrogens with zero attached hydrogens (tertiary/aromatic N) is 2. The monoisotopic (exact) mass is 1630 g/mol. The number of halogens is 1. The average molecular weight is 1630 g/mol. The molecule has 0 spiro atoms. The quantitative estimate of drug-likeness (QED) is 0.0125. The fraction of sp³-hybridized carbons (Fsp3) is 0.569. The number of thiazole rings is 2. The molecule has 2 aliphatic rings. The number of rotatable bonds is 16. The Balaban J connectivity index is 0.000000835. The molecule has 4 heterocycles. The molecule has 0 saturated carbocycles. The Morgan fingerprint density at radius 3 is 1.46 bits per heavy atom. The standard InChI is InChI=1S/C31H47N5O8S2.C26H39N5O6S2.C6H6O3S.C2H4I.V/c1-17(2)23-26(39)43-19(12-10-11-13-45-27(40)24(18(3)4)35-29(42)44-30(5,6)7)14-21(37)32-15-22-33-20(16-46-22)25(38)36-31(8,9)28(41)34-23;1-14(2)20(27)24(35)38-10-8-7-9-16-11-18(32)28-12-19-29-17(13-39-19)22(33)31-26(5,6)25(36)30-21(15(3)4)23(34)37-16;7-10(8,9)6-4-2-1-3-5-6;1-2-3;/h10,12,16-19,23-24H,11,13-15H2,1-9H3,(H,32,37)(H,34,41)(H,35,42)(H,36,38);7,9,13-16,20-21H,8,10-12,27H2,1-6H3,(H,28,32)(H,30,36)(H,31,33);1-5H,(H,7,8,9);2H,1H3;/q;;;-1;/b12-10+;9-7+;;;/t19-,23+,24+;16-,20+,21+;;;/m11.../s1. The van der Waals surface area contributed by atoms with Crippen LogP contribution in [-0.4, -0.2) is 151 Å². The first kappa shape index (κ1) is 91.2. The van der Waals surface area contributed by atoms with E-state index in [1.54, 1.807) is 96.3 Å². The zero-order valence-electron chi connectivity index (χ0n) is 58.7. The van der Waals surface area contributed by atoms with Crippen LogP contribution >= 0.6 is 68.8 Å². The van der Waals surface area contributed by atoms with Crippen LogP contribution in [0.5, 0.6) is 0 Å². The van der Waals surface area contributed by atoms with Gasteiger partial charge in [0.25, 0.3) is 21.9 Å². The second-order valence-electron chi connectivity index (χ2n) is 25.6. The third-order valence-electron chi connectivity index (χ3n) is 13.5. The zero-order chi connectivity index (χ0) is 74.5. The summed E-state index contributed by atoms with van der Waals surface area (Å²) in [4.78, 5) is 149. The average Bonchev–Trinajstić information content (AvgIpc) is 1.82. The SMILES string of the molecule is CC(C)[C@@H]1NC(=O)C(C)(C)NC(=O)c2csc(n2)CNC(=O)C[C@@H](/C=C/CCSC(=O)[C@@H](NC(=O)OC(C)(C)C)C(C)C)OC1=O.CC(C)[C@H](N)C(=O)SCC/C=C/[C@@H]1CC(=O)NCc2nc(cs2)C(=O)NC(C)(C)C(=O)N[C@@H](C(C)C)C(=O)O1.C[CH-]I.O=S(=O)(O)c1ccccc1.[V]. The van der Waals surface area contributed by atoms with E-state index in [0.29, 0.717) is 34.4 Å². The van der Waals surface area contributed by atoms with Gasteiger partial charge in [-0.2, -0.15) is 15.3 Å². The zero-order valence-corrected chi connectivity index (χ0v) is 66.3. The van der Waals surface area contributed by atoms with E-state index in [0.717, 1.165) is 23.5 Å². The van der Waals surface area contributed by atoms with Gasteiger partial charge in [-0.25, -0.2) is 24.4 Å². The maximum atomic E-state index is 13.3. The Bertz CT molecular complexity index is 3360. The van der Waals surface area contributed by atoms with Gasteiger partial charge in [-0.1, -0.05) is 109 Å². The molecular formula is C65H96IN10O17S5V-. The summed E-state index contributed by atoms with van der Waals surface area (Å²) in [5, 5.41) is 22.5. The van der Waals surface area contributed by atoms with Crippen molar-refractivity contribution in [1.29, 1.82) is 0 Å². The smallest absolute Gasteiger partial charge is 0.408 e. The van der Waals surface area contributed by atoms with E-state index in [-0.39, 0.29) is 101 Å². The molecule has 0 saturated heterocycles. The number of carbonyl (C=O) groups is 11. The van der Waals surface area contributed by atoms with Crippen molar-refractivity contribution in [3.05, 3.63) is 91.2 Å². The summed E-state index contributed by atoms with van der Waals surface area (Å²) >= 11 is 6.74. The van der Waals surface area contributed by atoms with E-state index in [2.05, 4.69) is 69.8 Å². The number of hydrogen-bond donors (Lipinski definition) is 9. The number of aromatic nitrogens is 2. The molecule has 99 heavy (non-hydrogen) atoms. The Morgan fingerprint density at radius 2 is 1.12 bits per heavy atom. The number of nitrogens with two attached hydrogens (primary N) is 1. The summed E-state index contributed by atoms with van der Waals surface area (Å²) in [7, 11) is -4.00. The van der Waals surface area contributed by atoms with Crippen LogP contribution in [0.2, 0.25) is 0 Å². The fourth-order valence-corrected chi connectivity index (χ4v) is 11.8. The number of fused-ring (bicyclic) bond motifs is 4. The Hall–Kier alpha value is -5.79. The second kappa shape index (κ2) is 43.9. The number of alkyl carbamates (subject to hydrolysis) is 1. The van der Waals surface area contributed by atoms with Crippen molar-refractivity contribution in [2.24, 2.45) is 29.4 Å². The first-order valence-corrected chi connectivity index (χ1v) is 37.9. The molecule has 34 heteroatoms. The third-order valence-corrected chi connectivity index (χ3v) is 18.1. The number of benzene rings is 1. The molecule has 1 radical (unpaired) electrons. The summed E-state index contributed by atoms with van der Waals surface area (Å²) in [6, 6.07) is 4.08. The van der Waals surface area contributed by atoms with E-state index in [1.165, 1.54) is 67.9 Å². The number of carbonyl (C=O) groups excluding carboxylic acids is 11. The van der Waals surface area contributed by atoms with Crippen LogP contribution < -0.4 is 43.0 Å². The molecule has 0 fully saturated rings. The Labute approximate surface area is 623 Å². The number of esters is 2. The molecule has 0 aliphatic carbocycles. The summed E-state index contributed by atoms with van der Waals surface area (Å²) in [5.74, 6) is -4.47. The third kappa shape index (κ3) is 34.6. The first-order valence-electron chi connectivity index (χ1n) is 31.4. The van der Waals surface area contributed by atoms with Gasteiger partial charge in [-0.15, -0.1) is 22.7 Å². The number of amides is 7. The van der Waals surface area contributed by atoms with E-state index in [9.17, 15) is 61.2 Å². The predicted octanol–water partition coefficient (Wildman–Crippen LogP) is 7.93. The number of cyclic esters (lactones) is 2. The van der Waals surface area contributed by atoms with Gasteiger partial charge in [0.1, 0.15) is 68.4 Å². The molecule has 2 aliphatic heterocycles. The predicted molar refractivity (Wildman–Crippen MR) is 387 cm³/mol. The van der Waals surface area contributed by atoms with Crippen LogP contribution in [0.4, 0.5) is 4.79 Å². The van der Waals surface area contributed by atoms with Crippen molar-refractivity contribution in [3.63, 3.8) is 0 Å². The van der Waals surface area contributed by atoms with Crippen LogP contribution in [0.25, 0.3) is 0 Å². The Morgan fingerprint density at radius 1 is 0.727 bits per heavy atom. The molecule has 3 aromatic rings. The normalized spacial score (nSPS) is 19.5. The van der Waals surface area contributed by atoms with Crippen LogP contribution in [0.15, 0.2) is 70.3 Å². The molecule has 6 atom stereocenters. The molecule has 5 rings (SSSR count). The molecule has 27 nitrogen and oxygen atoms in total. The minimum Gasteiger partial charge on any atom is -0.456 e. The van der Waals surface area contributed by atoms with Gasteiger partial charge in [0.15, 0.2) is 0 Å². The summed E-state index contributed by atoms with van der Waals surface area (Å²) in [5.41, 5.74) is 2.71. The molecular weight excluding hydrogens is 1530 g/mol. The molecule has 7 amide bonds. The van der Waals surface area contributed by atoms with Crippen molar-refractivity contribution in [3.8, 4) is 0 Å². The van der Waals surface area contributed by atoms with Crippen molar-refractivity contribution in [2.75, 3.05) is 11.5 Å². The van der Waals surface area contributed by atoms with E-state index in [4.69, 9.17) is 24.5 Å². The number of thioether (sulfide) groups is 2. The molecule has 10 N–H and O–H groups in total. The van der Waals surface area contributed by atoms with Crippen molar-refractivity contribution in [1.82, 2.24) is 47.2 Å². The van der Waals surface area contributed by atoms with Crippen LogP contribution in [0.1, 0.15) is 167 Å². The maximum absolute atomic E-state index is 13.3. The van der Waals surface area contributed by atoms with Crippen molar-refractivity contribution < 1.29 is 98.5 Å². The Kier molecular flexibility index (Phi) is 40.4. The molecule has 551 valence electrons. The maximum Gasteiger partial charge on any atom is 0.408 e. The van der Waals surface area contributed by atoms with Gasteiger partial charge in [0.05, 0.1) is 36.9 Å². The van der Waals surface area contributed by atoms with Gasteiger partial charge in [0, 0.05) is 40.8 Å². The van der Waals surface area contributed by atoms with Gasteiger partial charge in [-0.05, 0) is 109 Å². The summed E-state index contributed by atoms with van der Waals surface area (Å²) < 4.78 is 47.9. The molecule has 2 aromatic heterocycles. The van der Waals surface area contributed by atoms with Crippen molar-refractivity contribution in [2.45, 2.75) is 208 Å². The number of allylic oxidation sites excluding steroid dienone is 2. The van der Waals surface area contributed by atoms with Gasteiger partial charge in [0.2, 0.25) is 33.9 Å². The fourth-order valence-electron chi connectivity index (χ4n) is 7.98. The van der Waals surface area contributed by atoms with E-state index < -0.39 is 111 Å². The second-order valence-corrected chi connectivity index (χ2v) is 32.4. The van der Waals surface area contributed by atoms with Gasteiger partial charge < -0.3 is 79.8 Å². The number of ether oxygens (including phenoxy) is 3. The molecule has 0 unspecified atom stereocenters. The largest absolute Gasteiger partial charge is 0.456 e.